The lowest BCUT2D eigenvalue weighted by atomic mass is 10.0. The monoisotopic (exact) mass is 270 g/mol. The van der Waals surface area contributed by atoms with E-state index < -0.39 is 0 Å². The Balaban J connectivity index is 1.66. The molecule has 1 atom stereocenters. The largest absolute Gasteiger partial charge is 0.492 e. The smallest absolute Gasteiger partial charge is 0.150 e. The Labute approximate surface area is 118 Å². The minimum absolute atomic E-state index is 0.0928. The Kier molecular flexibility index (Phi) is 2.96. The van der Waals surface area contributed by atoms with Crippen LogP contribution in [0.5, 0.6) is 5.75 Å². The van der Waals surface area contributed by atoms with E-state index in [0.29, 0.717) is 0 Å². The van der Waals surface area contributed by atoms with E-state index >= 15 is 0 Å². The number of nitrogens with zero attached hydrogens (tertiary/aromatic N) is 2. The van der Waals surface area contributed by atoms with Gasteiger partial charge in [0, 0.05) is 30.4 Å². The zero-order valence-electron chi connectivity index (χ0n) is 11.4. The van der Waals surface area contributed by atoms with Crippen molar-refractivity contribution in [3.05, 3.63) is 36.2 Å². The van der Waals surface area contributed by atoms with E-state index in [0.717, 1.165) is 49.4 Å². The van der Waals surface area contributed by atoms with Crippen molar-refractivity contribution >= 4 is 0 Å². The average Bonchev–Trinajstić information content (AvgIpc) is 3.17. The highest BCUT2D eigenvalue weighted by Gasteiger charge is 2.20. The molecular weight excluding hydrogens is 252 g/mol. The lowest BCUT2D eigenvalue weighted by Crippen LogP contribution is -2.18. The normalized spacial score (nSPS) is 21.5. The van der Waals surface area contributed by atoms with Gasteiger partial charge >= 0.3 is 0 Å². The molecule has 1 saturated heterocycles. The topological polar surface area (TPSA) is 36.3 Å². The summed E-state index contributed by atoms with van der Waals surface area (Å²) in [6.45, 7) is 1.62. The van der Waals surface area contributed by atoms with Crippen LogP contribution in [-0.4, -0.2) is 23.0 Å². The predicted molar refractivity (Wildman–Crippen MR) is 75.7 cm³/mol. The lowest BCUT2D eigenvalue weighted by Gasteiger charge is -2.22. The van der Waals surface area contributed by atoms with Gasteiger partial charge in [-0.25, -0.2) is 4.68 Å². The maximum atomic E-state index is 5.78. The quantitative estimate of drug-likeness (QED) is 0.841. The molecule has 2 aliphatic heterocycles. The maximum absolute atomic E-state index is 5.78. The molecule has 2 aliphatic rings. The molecule has 3 heterocycles. The first-order valence-corrected chi connectivity index (χ1v) is 7.32. The molecule has 0 saturated carbocycles. The zero-order chi connectivity index (χ0) is 13.4. The fourth-order valence-corrected chi connectivity index (χ4v) is 3.01. The van der Waals surface area contributed by atoms with E-state index in [1.807, 2.05) is 10.9 Å². The molecule has 1 aromatic heterocycles. The van der Waals surface area contributed by atoms with Crippen LogP contribution in [0, 0.1) is 0 Å². The summed E-state index contributed by atoms with van der Waals surface area (Å²) in [5, 5.41) is 4.48. The molecule has 0 amide bonds. The minimum atomic E-state index is 0.0928. The standard InChI is InChI=1S/C16H18N2O2/c1-2-8-19-15(6-1)18-11-13(10-17-18)14-5-3-4-12-7-9-20-16(12)14/h3-5,10-11,15H,1-2,6-9H2/t15-/m0/s1. The van der Waals surface area contributed by atoms with Gasteiger partial charge in [-0.2, -0.15) is 5.10 Å². The van der Waals surface area contributed by atoms with E-state index in [9.17, 15) is 0 Å². The summed E-state index contributed by atoms with van der Waals surface area (Å²) in [4.78, 5) is 0. The molecule has 0 bridgehead atoms. The summed E-state index contributed by atoms with van der Waals surface area (Å²) in [6, 6.07) is 6.34. The number of hydrogen-bond donors (Lipinski definition) is 0. The van der Waals surface area contributed by atoms with Gasteiger partial charge in [-0.05, 0) is 24.8 Å². The summed E-state index contributed by atoms with van der Waals surface area (Å²) in [5.41, 5.74) is 3.55. The second-order valence-corrected chi connectivity index (χ2v) is 5.42. The van der Waals surface area contributed by atoms with Crippen LogP contribution in [0.1, 0.15) is 31.1 Å². The van der Waals surface area contributed by atoms with Crippen LogP contribution in [0.25, 0.3) is 11.1 Å². The lowest BCUT2D eigenvalue weighted by molar-refractivity contribution is -0.0394. The number of ether oxygens (including phenoxy) is 2. The van der Waals surface area contributed by atoms with Crippen LogP contribution >= 0.6 is 0 Å². The fourth-order valence-electron chi connectivity index (χ4n) is 3.01. The van der Waals surface area contributed by atoms with Gasteiger partial charge in [-0.1, -0.05) is 18.2 Å². The molecule has 0 spiro atoms. The van der Waals surface area contributed by atoms with Crippen molar-refractivity contribution in [1.82, 2.24) is 9.78 Å². The number of para-hydroxylation sites is 1. The number of fused-ring (bicyclic) bond motifs is 1. The Morgan fingerprint density at radius 1 is 1.20 bits per heavy atom. The van der Waals surface area contributed by atoms with E-state index in [-0.39, 0.29) is 6.23 Å². The van der Waals surface area contributed by atoms with Crippen molar-refractivity contribution < 1.29 is 9.47 Å². The first-order chi connectivity index (χ1) is 9.92. The van der Waals surface area contributed by atoms with Crippen molar-refractivity contribution in [2.24, 2.45) is 0 Å². The van der Waals surface area contributed by atoms with Gasteiger partial charge < -0.3 is 9.47 Å². The van der Waals surface area contributed by atoms with Crippen LogP contribution in [-0.2, 0) is 11.2 Å². The van der Waals surface area contributed by atoms with Gasteiger partial charge in [-0.15, -0.1) is 0 Å². The second-order valence-electron chi connectivity index (χ2n) is 5.42. The summed E-state index contributed by atoms with van der Waals surface area (Å²) in [6.07, 6.45) is 8.50. The molecule has 4 nitrogen and oxygen atoms in total. The number of hydrogen-bond acceptors (Lipinski definition) is 3. The Bertz CT molecular complexity index is 615. The number of rotatable bonds is 2. The van der Waals surface area contributed by atoms with Crippen molar-refractivity contribution in [2.75, 3.05) is 13.2 Å². The highest BCUT2D eigenvalue weighted by Crippen LogP contribution is 2.37. The molecule has 0 unspecified atom stereocenters. The maximum Gasteiger partial charge on any atom is 0.150 e. The zero-order valence-corrected chi connectivity index (χ0v) is 11.4. The molecule has 1 fully saturated rings. The molecule has 2 aromatic rings. The van der Waals surface area contributed by atoms with Crippen molar-refractivity contribution in [1.29, 1.82) is 0 Å². The van der Waals surface area contributed by atoms with E-state index in [1.165, 1.54) is 12.0 Å². The van der Waals surface area contributed by atoms with Gasteiger partial charge in [-0.3, -0.25) is 0 Å². The third-order valence-electron chi connectivity index (χ3n) is 4.08. The summed E-state index contributed by atoms with van der Waals surface area (Å²) in [5.74, 6) is 1.02. The summed E-state index contributed by atoms with van der Waals surface area (Å²) < 4.78 is 13.5. The first kappa shape index (κ1) is 12.0. The summed E-state index contributed by atoms with van der Waals surface area (Å²) in [7, 11) is 0. The Hall–Kier alpha value is -1.81. The van der Waals surface area contributed by atoms with Crippen LogP contribution in [0.15, 0.2) is 30.6 Å². The van der Waals surface area contributed by atoms with E-state index in [1.54, 1.807) is 0 Å². The highest BCUT2D eigenvalue weighted by molar-refractivity contribution is 5.71. The van der Waals surface area contributed by atoms with Crippen LogP contribution in [0.2, 0.25) is 0 Å². The molecule has 4 heteroatoms. The van der Waals surface area contributed by atoms with Crippen LogP contribution in [0.4, 0.5) is 0 Å². The molecule has 20 heavy (non-hydrogen) atoms. The van der Waals surface area contributed by atoms with Gasteiger partial charge in [0.1, 0.15) is 12.0 Å². The van der Waals surface area contributed by atoms with Gasteiger partial charge in [0.25, 0.3) is 0 Å². The minimum Gasteiger partial charge on any atom is -0.492 e. The van der Waals surface area contributed by atoms with Crippen molar-refractivity contribution in [2.45, 2.75) is 31.9 Å². The molecule has 1 aromatic carbocycles. The number of aromatic nitrogens is 2. The predicted octanol–water partition coefficient (Wildman–Crippen LogP) is 3.18. The van der Waals surface area contributed by atoms with E-state index in [2.05, 4.69) is 29.5 Å². The van der Waals surface area contributed by atoms with Gasteiger partial charge in [0.15, 0.2) is 0 Å². The summed E-state index contributed by atoms with van der Waals surface area (Å²) >= 11 is 0. The Morgan fingerprint density at radius 3 is 3.10 bits per heavy atom. The van der Waals surface area contributed by atoms with Gasteiger partial charge in [0.2, 0.25) is 0 Å². The molecule has 0 aliphatic carbocycles. The van der Waals surface area contributed by atoms with Crippen molar-refractivity contribution in [3.8, 4) is 16.9 Å². The fraction of sp³-hybridized carbons (Fsp3) is 0.438. The second kappa shape index (κ2) is 4.94. The van der Waals surface area contributed by atoms with Crippen molar-refractivity contribution in [3.63, 3.8) is 0 Å². The van der Waals surface area contributed by atoms with Crippen LogP contribution < -0.4 is 4.74 Å². The number of benzene rings is 1. The van der Waals surface area contributed by atoms with Gasteiger partial charge in [0.05, 0.1) is 12.8 Å². The third-order valence-corrected chi connectivity index (χ3v) is 4.08. The molecule has 104 valence electrons. The third kappa shape index (κ3) is 2.00. The molecule has 0 N–H and O–H groups in total. The molecular formula is C16H18N2O2. The van der Waals surface area contributed by atoms with Crippen LogP contribution in [0.3, 0.4) is 0 Å². The first-order valence-electron chi connectivity index (χ1n) is 7.32. The SMILES string of the molecule is c1cc2c(c(-c3cnn([C@@H]4CCCCO4)c3)c1)OCC2. The molecule has 0 radical (unpaired) electrons. The highest BCUT2D eigenvalue weighted by atomic mass is 16.5. The van der Waals surface area contributed by atoms with E-state index in [4.69, 9.17) is 9.47 Å². The average molecular weight is 270 g/mol. The Morgan fingerprint density at radius 2 is 2.20 bits per heavy atom. The molecule has 4 rings (SSSR count).